The molecular weight excluding hydrogens is 258 g/mol. The predicted octanol–water partition coefficient (Wildman–Crippen LogP) is 3.67. The fourth-order valence-corrected chi connectivity index (χ4v) is 3.57. The molecule has 1 aromatic carbocycles. The van der Waals surface area contributed by atoms with E-state index in [4.69, 9.17) is 0 Å². The monoisotopic (exact) mass is 283 g/mol. The van der Waals surface area contributed by atoms with Gasteiger partial charge in [-0.2, -0.15) is 0 Å². The molecule has 1 N–H and O–H groups in total. The molecule has 1 heterocycles. The van der Waals surface area contributed by atoms with Crippen molar-refractivity contribution in [3.8, 4) is 0 Å². The van der Waals surface area contributed by atoms with Gasteiger partial charge >= 0.3 is 0 Å². The molecule has 112 valence electrons. The number of nitrogens with one attached hydrogen (secondary N) is 1. The van der Waals surface area contributed by atoms with Crippen LogP contribution < -0.4 is 5.32 Å². The first kappa shape index (κ1) is 14.3. The van der Waals surface area contributed by atoms with Gasteiger partial charge in [0.05, 0.1) is 12.1 Å². The first-order valence-corrected chi connectivity index (χ1v) is 8.18. The van der Waals surface area contributed by atoms with Crippen molar-refractivity contribution in [1.29, 1.82) is 0 Å². The third-order valence-electron chi connectivity index (χ3n) is 4.49. The summed E-state index contributed by atoms with van der Waals surface area (Å²) >= 11 is 0. The predicted molar refractivity (Wildman–Crippen MR) is 86.4 cm³/mol. The summed E-state index contributed by atoms with van der Waals surface area (Å²) < 4.78 is 2.41. The van der Waals surface area contributed by atoms with E-state index in [1.807, 2.05) is 6.20 Å². The van der Waals surface area contributed by atoms with Gasteiger partial charge in [-0.25, -0.2) is 4.98 Å². The Bertz CT molecular complexity index is 588. The van der Waals surface area contributed by atoms with E-state index in [-0.39, 0.29) is 0 Å². The lowest BCUT2D eigenvalue weighted by molar-refractivity contribution is 0.315. The van der Waals surface area contributed by atoms with Gasteiger partial charge in [-0.1, -0.05) is 38.1 Å². The number of fused-ring (bicyclic) bond motifs is 1. The second-order valence-electron chi connectivity index (χ2n) is 5.84. The van der Waals surface area contributed by atoms with Crippen molar-refractivity contribution in [3.05, 3.63) is 53.6 Å². The Hall–Kier alpha value is -1.61. The quantitative estimate of drug-likeness (QED) is 0.907. The van der Waals surface area contributed by atoms with Gasteiger partial charge in [-0.15, -0.1) is 0 Å². The highest BCUT2D eigenvalue weighted by atomic mass is 15.1. The minimum absolute atomic E-state index is 0.393. The highest BCUT2D eigenvalue weighted by Gasteiger charge is 2.30. The summed E-state index contributed by atoms with van der Waals surface area (Å²) in [5, 5.41) is 3.70. The van der Waals surface area contributed by atoms with Crippen molar-refractivity contribution in [3.63, 3.8) is 0 Å². The van der Waals surface area contributed by atoms with Gasteiger partial charge in [0, 0.05) is 18.8 Å². The van der Waals surface area contributed by atoms with Gasteiger partial charge in [0.1, 0.15) is 5.82 Å². The topological polar surface area (TPSA) is 29.9 Å². The number of benzene rings is 1. The maximum Gasteiger partial charge on any atom is 0.108 e. The molecule has 2 aromatic rings. The lowest BCUT2D eigenvalue weighted by atomic mass is 9.83. The Morgan fingerprint density at radius 2 is 2.14 bits per heavy atom. The lowest BCUT2D eigenvalue weighted by Gasteiger charge is -2.36. The van der Waals surface area contributed by atoms with E-state index in [2.05, 4.69) is 59.2 Å². The molecule has 0 radical (unpaired) electrons. The largest absolute Gasteiger partial charge is 0.330 e. The molecular formula is C18H25N3. The Morgan fingerprint density at radius 1 is 1.29 bits per heavy atom. The molecule has 1 aliphatic rings. The van der Waals surface area contributed by atoms with E-state index in [1.165, 1.54) is 23.4 Å². The third kappa shape index (κ3) is 2.75. The number of imidazole rings is 1. The smallest absolute Gasteiger partial charge is 0.108 e. The normalized spacial score (nSPS) is 21.2. The number of hydrogen-bond acceptors (Lipinski definition) is 2. The van der Waals surface area contributed by atoms with Gasteiger partial charge in [-0.05, 0) is 36.9 Å². The summed E-state index contributed by atoms with van der Waals surface area (Å²) in [5.41, 5.74) is 2.96. The van der Waals surface area contributed by atoms with Crippen LogP contribution in [0.15, 0.2) is 36.7 Å². The van der Waals surface area contributed by atoms with Crippen molar-refractivity contribution < 1.29 is 0 Å². The van der Waals surface area contributed by atoms with E-state index in [0.29, 0.717) is 12.1 Å². The Morgan fingerprint density at radius 3 is 2.95 bits per heavy atom. The van der Waals surface area contributed by atoms with Gasteiger partial charge < -0.3 is 9.88 Å². The summed E-state index contributed by atoms with van der Waals surface area (Å²) in [6.45, 7) is 5.40. The molecule has 3 heteroatoms. The first-order valence-electron chi connectivity index (χ1n) is 8.18. The zero-order valence-electron chi connectivity index (χ0n) is 13.0. The molecule has 2 atom stereocenters. The van der Waals surface area contributed by atoms with Crippen LogP contribution in [0.2, 0.25) is 0 Å². The van der Waals surface area contributed by atoms with Crippen molar-refractivity contribution >= 4 is 0 Å². The summed E-state index contributed by atoms with van der Waals surface area (Å²) in [6.07, 6.45) is 8.66. The van der Waals surface area contributed by atoms with Crippen LogP contribution >= 0.6 is 0 Å². The van der Waals surface area contributed by atoms with Crippen molar-refractivity contribution in [2.75, 3.05) is 6.54 Å². The molecule has 2 unspecified atom stereocenters. The minimum atomic E-state index is 0.393. The van der Waals surface area contributed by atoms with E-state index >= 15 is 0 Å². The molecule has 0 bridgehead atoms. The maximum atomic E-state index is 4.57. The van der Waals surface area contributed by atoms with Crippen LogP contribution in [0.5, 0.6) is 0 Å². The van der Waals surface area contributed by atoms with E-state index in [1.54, 1.807) is 0 Å². The lowest BCUT2D eigenvalue weighted by Crippen LogP contribution is -2.34. The second-order valence-corrected chi connectivity index (χ2v) is 5.84. The molecule has 21 heavy (non-hydrogen) atoms. The van der Waals surface area contributed by atoms with E-state index < -0.39 is 0 Å². The summed E-state index contributed by atoms with van der Waals surface area (Å²) in [5.74, 6) is 1.23. The van der Waals surface area contributed by atoms with Gasteiger partial charge in [0.2, 0.25) is 0 Å². The number of aryl methyl sites for hydroxylation is 2. The van der Waals surface area contributed by atoms with Gasteiger partial charge in [0.25, 0.3) is 0 Å². The van der Waals surface area contributed by atoms with Crippen LogP contribution in [0.1, 0.15) is 55.7 Å². The van der Waals surface area contributed by atoms with Crippen LogP contribution in [-0.4, -0.2) is 16.1 Å². The number of nitrogens with zero attached hydrogens (tertiary/aromatic N) is 2. The minimum Gasteiger partial charge on any atom is -0.330 e. The Labute approximate surface area is 127 Å². The maximum absolute atomic E-state index is 4.57. The molecule has 3 rings (SSSR count). The fraction of sp³-hybridized carbons (Fsp3) is 0.500. The average Bonchev–Trinajstić information content (AvgIpc) is 2.96. The molecule has 0 aliphatic heterocycles. The van der Waals surface area contributed by atoms with Crippen LogP contribution in [-0.2, 0) is 12.8 Å². The Kier molecular flexibility index (Phi) is 4.39. The van der Waals surface area contributed by atoms with Crippen LogP contribution in [0.4, 0.5) is 0 Å². The molecule has 3 nitrogen and oxygen atoms in total. The molecule has 0 saturated carbocycles. The zero-order valence-corrected chi connectivity index (χ0v) is 13.0. The Balaban J connectivity index is 1.96. The van der Waals surface area contributed by atoms with Crippen molar-refractivity contribution in [2.24, 2.45) is 0 Å². The SMILES string of the molecule is CCCc1nccn1C1CCc2ccccc2C1NCC. The number of hydrogen-bond donors (Lipinski definition) is 1. The van der Waals surface area contributed by atoms with Crippen LogP contribution in [0.3, 0.4) is 0 Å². The highest BCUT2D eigenvalue weighted by Crippen LogP contribution is 2.38. The van der Waals surface area contributed by atoms with Gasteiger partial charge in [-0.3, -0.25) is 0 Å². The van der Waals surface area contributed by atoms with E-state index in [0.717, 1.165) is 25.8 Å². The molecule has 1 aliphatic carbocycles. The van der Waals surface area contributed by atoms with Crippen LogP contribution in [0.25, 0.3) is 0 Å². The summed E-state index contributed by atoms with van der Waals surface area (Å²) in [6, 6.07) is 9.74. The van der Waals surface area contributed by atoms with Crippen LogP contribution in [0, 0.1) is 0 Å². The highest BCUT2D eigenvalue weighted by molar-refractivity contribution is 5.33. The average molecular weight is 283 g/mol. The van der Waals surface area contributed by atoms with Gasteiger partial charge in [0.15, 0.2) is 0 Å². The summed E-state index contributed by atoms with van der Waals surface area (Å²) in [4.78, 5) is 4.57. The molecule has 0 fully saturated rings. The van der Waals surface area contributed by atoms with Crippen molar-refractivity contribution in [1.82, 2.24) is 14.9 Å². The number of aromatic nitrogens is 2. The second kappa shape index (κ2) is 6.44. The molecule has 0 spiro atoms. The van der Waals surface area contributed by atoms with E-state index in [9.17, 15) is 0 Å². The molecule has 0 saturated heterocycles. The molecule has 0 amide bonds. The zero-order chi connectivity index (χ0) is 14.7. The third-order valence-corrected chi connectivity index (χ3v) is 4.49. The molecule has 1 aromatic heterocycles. The standard InChI is InChI=1S/C18H25N3/c1-3-7-17-20-12-13-21(17)16-11-10-14-8-5-6-9-15(14)18(16)19-4-2/h5-6,8-9,12-13,16,18-19H,3-4,7,10-11H2,1-2H3. The fourth-order valence-electron chi connectivity index (χ4n) is 3.57. The summed E-state index contributed by atoms with van der Waals surface area (Å²) in [7, 11) is 0. The number of rotatable bonds is 5. The van der Waals surface area contributed by atoms with Crippen molar-refractivity contribution in [2.45, 2.75) is 51.6 Å². The number of likely N-dealkylation sites (N-methyl/N-ethyl adjacent to an activating group) is 1. The first-order chi connectivity index (χ1) is 10.3.